The zero-order valence-corrected chi connectivity index (χ0v) is 15.0. The maximum atomic E-state index is 14.2. The first-order chi connectivity index (χ1) is 12.9. The van der Waals surface area contributed by atoms with Gasteiger partial charge in [0.1, 0.15) is 17.3 Å². The van der Waals surface area contributed by atoms with Crippen molar-refractivity contribution in [2.24, 2.45) is 0 Å². The molecule has 4 nitrogen and oxygen atoms in total. The van der Waals surface area contributed by atoms with Crippen LogP contribution in [0.5, 0.6) is 11.5 Å². The fraction of sp³-hybridized carbons (Fsp3) is 0.136. The van der Waals surface area contributed by atoms with E-state index < -0.39 is 11.7 Å². The monoisotopic (exact) mass is 365 g/mol. The smallest absolute Gasteiger partial charge is 0.258 e. The fourth-order valence-electron chi connectivity index (χ4n) is 2.87. The number of para-hydroxylation sites is 1. The number of anilines is 1. The zero-order valence-electron chi connectivity index (χ0n) is 15.0. The molecule has 0 saturated carbocycles. The van der Waals surface area contributed by atoms with Crippen LogP contribution in [0.1, 0.15) is 35.7 Å². The van der Waals surface area contributed by atoms with E-state index in [1.54, 1.807) is 30.3 Å². The lowest BCUT2D eigenvalue weighted by atomic mass is 9.94. The molecule has 0 saturated heterocycles. The molecule has 3 N–H and O–H groups in total. The van der Waals surface area contributed by atoms with Crippen LogP contribution in [0.4, 0.5) is 10.1 Å². The van der Waals surface area contributed by atoms with E-state index >= 15 is 0 Å². The largest absolute Gasteiger partial charge is 0.508 e. The van der Waals surface area contributed by atoms with Crippen molar-refractivity contribution in [1.29, 1.82) is 0 Å². The fourth-order valence-corrected chi connectivity index (χ4v) is 2.87. The lowest BCUT2D eigenvalue weighted by molar-refractivity contribution is 0.102. The van der Waals surface area contributed by atoms with Gasteiger partial charge in [0, 0.05) is 17.3 Å². The predicted octanol–water partition coefficient (Wildman–Crippen LogP) is 5.28. The topological polar surface area (TPSA) is 69.6 Å². The van der Waals surface area contributed by atoms with Crippen LogP contribution >= 0.6 is 0 Å². The highest BCUT2D eigenvalue weighted by molar-refractivity contribution is 6.05. The Labute approximate surface area is 156 Å². The number of nitrogens with one attached hydrogen (secondary N) is 1. The molecule has 0 radical (unpaired) electrons. The van der Waals surface area contributed by atoms with Gasteiger partial charge >= 0.3 is 0 Å². The molecule has 0 bridgehead atoms. The van der Waals surface area contributed by atoms with Gasteiger partial charge in [-0.15, -0.1) is 0 Å². The van der Waals surface area contributed by atoms with Gasteiger partial charge in [-0.2, -0.15) is 0 Å². The Kier molecular flexibility index (Phi) is 5.12. The number of hydrogen-bond donors (Lipinski definition) is 3. The van der Waals surface area contributed by atoms with Gasteiger partial charge in [-0.1, -0.05) is 38.1 Å². The second-order valence-electron chi connectivity index (χ2n) is 6.60. The molecule has 0 spiro atoms. The number of aromatic hydroxyl groups is 2. The van der Waals surface area contributed by atoms with E-state index in [9.17, 15) is 19.4 Å². The Morgan fingerprint density at radius 3 is 2.33 bits per heavy atom. The minimum Gasteiger partial charge on any atom is -0.508 e. The second kappa shape index (κ2) is 7.50. The van der Waals surface area contributed by atoms with Crippen molar-refractivity contribution in [2.45, 2.75) is 19.8 Å². The molecule has 3 aromatic rings. The Morgan fingerprint density at radius 2 is 1.67 bits per heavy atom. The SMILES string of the molecule is CC(C)c1cc(-c2ccc(F)c(C(=O)Nc3ccccc3)c2)c(O)cc1O. The quantitative estimate of drug-likeness (QED) is 0.589. The van der Waals surface area contributed by atoms with Crippen molar-refractivity contribution in [3.8, 4) is 22.6 Å². The summed E-state index contributed by atoms with van der Waals surface area (Å²) in [6.45, 7) is 3.83. The highest BCUT2D eigenvalue weighted by atomic mass is 19.1. The van der Waals surface area contributed by atoms with Crippen LogP contribution < -0.4 is 5.32 Å². The molecule has 0 aliphatic rings. The highest BCUT2D eigenvalue weighted by Crippen LogP contribution is 2.38. The van der Waals surface area contributed by atoms with Gasteiger partial charge < -0.3 is 15.5 Å². The van der Waals surface area contributed by atoms with Gasteiger partial charge in [-0.05, 0) is 47.4 Å². The number of benzene rings is 3. The summed E-state index contributed by atoms with van der Waals surface area (Å²) in [5.41, 5.74) is 1.98. The van der Waals surface area contributed by atoms with E-state index in [-0.39, 0.29) is 23.0 Å². The standard InChI is InChI=1S/C22H20FNO3/c1-13(2)16-11-17(21(26)12-20(16)25)14-8-9-19(23)18(10-14)22(27)24-15-6-4-3-5-7-15/h3-13,25-26H,1-2H3,(H,24,27). The number of amides is 1. The lowest BCUT2D eigenvalue weighted by Crippen LogP contribution is -2.13. The maximum Gasteiger partial charge on any atom is 0.258 e. The Bertz CT molecular complexity index is 984. The van der Waals surface area contributed by atoms with E-state index in [1.165, 1.54) is 24.3 Å². The van der Waals surface area contributed by atoms with Gasteiger partial charge in [0.05, 0.1) is 5.56 Å². The summed E-state index contributed by atoms with van der Waals surface area (Å²) in [5.74, 6) is -1.35. The highest BCUT2D eigenvalue weighted by Gasteiger charge is 2.17. The van der Waals surface area contributed by atoms with Gasteiger partial charge in [0.15, 0.2) is 0 Å². The zero-order chi connectivity index (χ0) is 19.6. The average Bonchev–Trinajstić information content (AvgIpc) is 2.63. The summed E-state index contributed by atoms with van der Waals surface area (Å²) in [6.07, 6.45) is 0. The molecule has 0 fully saturated rings. The summed E-state index contributed by atoms with van der Waals surface area (Å²) in [4.78, 5) is 12.5. The number of carbonyl (C=O) groups is 1. The molecular formula is C22H20FNO3. The average molecular weight is 365 g/mol. The lowest BCUT2D eigenvalue weighted by Gasteiger charge is -2.14. The van der Waals surface area contributed by atoms with Crippen molar-refractivity contribution in [1.82, 2.24) is 0 Å². The molecule has 0 heterocycles. The normalized spacial score (nSPS) is 10.8. The first kappa shape index (κ1) is 18.5. The molecule has 3 aromatic carbocycles. The third-order valence-corrected chi connectivity index (χ3v) is 4.32. The predicted molar refractivity (Wildman–Crippen MR) is 104 cm³/mol. The molecule has 3 rings (SSSR count). The summed E-state index contributed by atoms with van der Waals surface area (Å²) in [6, 6.07) is 15.8. The molecule has 0 aromatic heterocycles. The third kappa shape index (κ3) is 3.92. The van der Waals surface area contributed by atoms with E-state index in [0.717, 1.165) is 0 Å². The van der Waals surface area contributed by atoms with E-state index in [4.69, 9.17) is 0 Å². The van der Waals surface area contributed by atoms with E-state index in [0.29, 0.717) is 22.4 Å². The number of halogens is 1. The van der Waals surface area contributed by atoms with Gasteiger partial charge in [-0.3, -0.25) is 4.79 Å². The van der Waals surface area contributed by atoms with Gasteiger partial charge in [-0.25, -0.2) is 4.39 Å². The Morgan fingerprint density at radius 1 is 0.963 bits per heavy atom. The van der Waals surface area contributed by atoms with Crippen LogP contribution in [0.3, 0.4) is 0 Å². The molecule has 27 heavy (non-hydrogen) atoms. The van der Waals surface area contributed by atoms with Crippen LogP contribution in [-0.4, -0.2) is 16.1 Å². The van der Waals surface area contributed by atoms with Crippen molar-refractivity contribution < 1.29 is 19.4 Å². The van der Waals surface area contributed by atoms with Crippen molar-refractivity contribution in [2.75, 3.05) is 5.32 Å². The first-order valence-electron chi connectivity index (χ1n) is 8.59. The van der Waals surface area contributed by atoms with Crippen LogP contribution in [0.2, 0.25) is 0 Å². The summed E-state index contributed by atoms with van der Waals surface area (Å²) in [5, 5.41) is 22.9. The number of rotatable bonds is 4. The molecule has 0 atom stereocenters. The third-order valence-electron chi connectivity index (χ3n) is 4.32. The van der Waals surface area contributed by atoms with Gasteiger partial charge in [0.2, 0.25) is 0 Å². The summed E-state index contributed by atoms with van der Waals surface area (Å²) >= 11 is 0. The van der Waals surface area contributed by atoms with Crippen LogP contribution in [0.15, 0.2) is 60.7 Å². The minimum atomic E-state index is -0.658. The van der Waals surface area contributed by atoms with Crippen molar-refractivity contribution in [3.05, 3.63) is 77.6 Å². The maximum absolute atomic E-state index is 14.2. The number of phenols is 2. The molecule has 0 aliphatic carbocycles. The Hall–Kier alpha value is -3.34. The minimum absolute atomic E-state index is 0.00425. The second-order valence-corrected chi connectivity index (χ2v) is 6.60. The molecule has 5 heteroatoms. The molecule has 138 valence electrons. The van der Waals surface area contributed by atoms with Crippen molar-refractivity contribution in [3.63, 3.8) is 0 Å². The van der Waals surface area contributed by atoms with E-state index in [1.807, 2.05) is 19.9 Å². The molecular weight excluding hydrogens is 345 g/mol. The van der Waals surface area contributed by atoms with Crippen molar-refractivity contribution >= 4 is 11.6 Å². The Balaban J connectivity index is 2.01. The van der Waals surface area contributed by atoms with Crippen LogP contribution in [-0.2, 0) is 0 Å². The summed E-state index contributed by atoms with van der Waals surface area (Å²) < 4.78 is 14.2. The van der Waals surface area contributed by atoms with E-state index in [2.05, 4.69) is 5.32 Å². The number of phenolic OH excluding ortho intramolecular Hbond substituents is 2. The first-order valence-corrected chi connectivity index (χ1v) is 8.59. The van der Waals surface area contributed by atoms with Crippen LogP contribution in [0.25, 0.3) is 11.1 Å². The molecule has 1 amide bonds. The van der Waals surface area contributed by atoms with Gasteiger partial charge in [0.25, 0.3) is 5.91 Å². The molecule has 0 unspecified atom stereocenters. The van der Waals surface area contributed by atoms with Crippen LogP contribution in [0, 0.1) is 5.82 Å². The number of hydrogen-bond acceptors (Lipinski definition) is 3. The summed E-state index contributed by atoms with van der Waals surface area (Å²) in [7, 11) is 0. The molecule has 0 aliphatic heterocycles. The number of carbonyl (C=O) groups excluding carboxylic acids is 1.